The van der Waals surface area contributed by atoms with E-state index >= 15 is 0 Å². The molecule has 3 rings (SSSR count). The van der Waals surface area contributed by atoms with Crippen molar-refractivity contribution in [1.29, 1.82) is 0 Å². The molecule has 1 aliphatic rings. The fourth-order valence-electron chi connectivity index (χ4n) is 2.60. The molecule has 1 aromatic carbocycles. The molecular weight excluding hydrogens is 247 g/mol. The molecule has 0 fully saturated rings. The van der Waals surface area contributed by atoms with Crippen LogP contribution in [0.5, 0.6) is 0 Å². The standard InChI is InChI=1S/C14H15FN2S/c1-9-11-5-7-18-14(11)4-6-17(9)13-8-10(15)2-3-12(13)16/h2-3,5,7-9H,4,6,16H2,1H3. The lowest BCUT2D eigenvalue weighted by atomic mass is 10.0. The molecule has 1 aromatic heterocycles. The van der Waals surface area contributed by atoms with Crippen molar-refractivity contribution in [3.05, 3.63) is 45.9 Å². The summed E-state index contributed by atoms with van der Waals surface area (Å²) in [4.78, 5) is 3.63. The second kappa shape index (κ2) is 4.28. The highest BCUT2D eigenvalue weighted by Gasteiger charge is 2.26. The van der Waals surface area contributed by atoms with Crippen molar-refractivity contribution in [2.75, 3.05) is 17.2 Å². The summed E-state index contributed by atoms with van der Waals surface area (Å²) in [7, 11) is 0. The van der Waals surface area contributed by atoms with Gasteiger partial charge in [-0.05, 0) is 48.6 Å². The lowest BCUT2D eigenvalue weighted by Gasteiger charge is -2.36. The van der Waals surface area contributed by atoms with E-state index in [2.05, 4.69) is 23.3 Å². The summed E-state index contributed by atoms with van der Waals surface area (Å²) in [6, 6.07) is 6.99. The van der Waals surface area contributed by atoms with Gasteiger partial charge in [-0.25, -0.2) is 4.39 Å². The van der Waals surface area contributed by atoms with Crippen molar-refractivity contribution < 1.29 is 4.39 Å². The predicted octanol–water partition coefficient (Wildman–Crippen LogP) is 3.59. The quantitative estimate of drug-likeness (QED) is 0.796. The van der Waals surface area contributed by atoms with Crippen LogP contribution in [0.3, 0.4) is 0 Å². The normalized spacial score (nSPS) is 18.8. The summed E-state index contributed by atoms with van der Waals surface area (Å²) in [6.07, 6.45) is 1.01. The number of nitrogens with zero attached hydrogens (tertiary/aromatic N) is 1. The molecule has 0 amide bonds. The highest BCUT2D eigenvalue weighted by molar-refractivity contribution is 7.10. The Morgan fingerprint density at radius 2 is 2.22 bits per heavy atom. The van der Waals surface area contributed by atoms with Gasteiger partial charge in [-0.2, -0.15) is 0 Å². The first kappa shape index (κ1) is 11.5. The maximum atomic E-state index is 13.4. The summed E-state index contributed by atoms with van der Waals surface area (Å²) in [5, 5.41) is 2.12. The first-order valence-corrected chi connectivity index (χ1v) is 6.92. The zero-order valence-corrected chi connectivity index (χ0v) is 11.0. The molecule has 1 unspecified atom stereocenters. The Morgan fingerprint density at radius 1 is 1.39 bits per heavy atom. The monoisotopic (exact) mass is 262 g/mol. The first-order valence-electron chi connectivity index (χ1n) is 6.05. The fraction of sp³-hybridized carbons (Fsp3) is 0.286. The van der Waals surface area contributed by atoms with Gasteiger partial charge in [-0.15, -0.1) is 11.3 Å². The summed E-state index contributed by atoms with van der Waals surface area (Å²) in [5.41, 5.74) is 8.76. The second-order valence-corrected chi connectivity index (χ2v) is 5.62. The van der Waals surface area contributed by atoms with Gasteiger partial charge in [0.25, 0.3) is 0 Å². The van der Waals surface area contributed by atoms with E-state index in [0.717, 1.165) is 18.7 Å². The Balaban J connectivity index is 2.01. The summed E-state index contributed by atoms with van der Waals surface area (Å²) in [6.45, 7) is 3.04. The Bertz CT molecular complexity index is 579. The van der Waals surface area contributed by atoms with Crippen LogP contribution in [0.1, 0.15) is 23.4 Å². The van der Waals surface area contributed by atoms with E-state index < -0.39 is 0 Å². The Labute approximate surface area is 110 Å². The fourth-order valence-corrected chi connectivity index (χ4v) is 3.57. The minimum absolute atomic E-state index is 0.234. The van der Waals surface area contributed by atoms with Crippen LogP contribution in [-0.4, -0.2) is 6.54 Å². The number of thiophene rings is 1. The molecule has 0 spiro atoms. The van der Waals surface area contributed by atoms with Crippen molar-refractivity contribution in [3.8, 4) is 0 Å². The smallest absolute Gasteiger partial charge is 0.125 e. The van der Waals surface area contributed by atoms with Gasteiger partial charge in [0.2, 0.25) is 0 Å². The third-order valence-electron chi connectivity index (χ3n) is 3.58. The molecule has 94 valence electrons. The lowest BCUT2D eigenvalue weighted by Crippen LogP contribution is -2.33. The van der Waals surface area contributed by atoms with Crippen LogP contribution in [0.25, 0.3) is 0 Å². The van der Waals surface area contributed by atoms with Crippen LogP contribution < -0.4 is 10.6 Å². The predicted molar refractivity (Wildman–Crippen MR) is 74.6 cm³/mol. The summed E-state index contributed by atoms with van der Waals surface area (Å²) < 4.78 is 13.4. The maximum Gasteiger partial charge on any atom is 0.125 e. The van der Waals surface area contributed by atoms with Gasteiger partial charge in [0.05, 0.1) is 17.4 Å². The minimum atomic E-state index is -0.234. The molecular formula is C14H15FN2S. The maximum absolute atomic E-state index is 13.4. The Hall–Kier alpha value is -1.55. The molecule has 4 heteroatoms. The molecule has 0 bridgehead atoms. The molecule has 0 saturated carbocycles. The third-order valence-corrected chi connectivity index (χ3v) is 4.58. The summed E-state index contributed by atoms with van der Waals surface area (Å²) >= 11 is 1.80. The molecule has 2 heterocycles. The third kappa shape index (κ3) is 1.77. The van der Waals surface area contributed by atoms with Gasteiger partial charge < -0.3 is 10.6 Å². The SMILES string of the molecule is CC1c2ccsc2CCN1c1cc(F)ccc1N. The van der Waals surface area contributed by atoms with Gasteiger partial charge in [0, 0.05) is 11.4 Å². The molecule has 0 aliphatic carbocycles. The van der Waals surface area contributed by atoms with Gasteiger partial charge in [-0.1, -0.05) is 0 Å². The molecule has 0 radical (unpaired) electrons. The number of nitrogen functional groups attached to an aromatic ring is 1. The van der Waals surface area contributed by atoms with Crippen molar-refractivity contribution in [3.63, 3.8) is 0 Å². The molecule has 1 atom stereocenters. The first-order chi connectivity index (χ1) is 8.66. The molecule has 0 saturated heterocycles. The van der Waals surface area contributed by atoms with Gasteiger partial charge in [-0.3, -0.25) is 0 Å². The van der Waals surface area contributed by atoms with Crippen LogP contribution in [0.2, 0.25) is 0 Å². The largest absolute Gasteiger partial charge is 0.397 e. The van der Waals surface area contributed by atoms with Crippen LogP contribution in [-0.2, 0) is 6.42 Å². The highest BCUT2D eigenvalue weighted by atomic mass is 32.1. The number of nitrogens with two attached hydrogens (primary N) is 1. The van der Waals surface area contributed by atoms with Crippen LogP contribution in [0, 0.1) is 5.82 Å². The topological polar surface area (TPSA) is 29.3 Å². The Kier molecular flexibility index (Phi) is 2.74. The number of halogens is 1. The van der Waals surface area contributed by atoms with E-state index in [0.29, 0.717) is 5.69 Å². The van der Waals surface area contributed by atoms with E-state index in [1.807, 2.05) is 0 Å². The molecule has 2 nitrogen and oxygen atoms in total. The number of anilines is 2. The van der Waals surface area contributed by atoms with Crippen molar-refractivity contribution in [2.45, 2.75) is 19.4 Å². The number of hydrogen-bond acceptors (Lipinski definition) is 3. The Morgan fingerprint density at radius 3 is 3.06 bits per heavy atom. The van der Waals surface area contributed by atoms with E-state index in [4.69, 9.17) is 5.73 Å². The van der Waals surface area contributed by atoms with Gasteiger partial charge >= 0.3 is 0 Å². The summed E-state index contributed by atoms with van der Waals surface area (Å²) in [5.74, 6) is -0.234. The van der Waals surface area contributed by atoms with E-state index in [-0.39, 0.29) is 11.9 Å². The zero-order chi connectivity index (χ0) is 12.7. The van der Waals surface area contributed by atoms with E-state index in [1.54, 1.807) is 17.4 Å². The lowest BCUT2D eigenvalue weighted by molar-refractivity contribution is 0.612. The molecule has 18 heavy (non-hydrogen) atoms. The number of hydrogen-bond donors (Lipinski definition) is 1. The minimum Gasteiger partial charge on any atom is -0.397 e. The van der Waals surface area contributed by atoms with Crippen molar-refractivity contribution >= 4 is 22.7 Å². The van der Waals surface area contributed by atoms with E-state index in [1.165, 1.54) is 22.6 Å². The number of rotatable bonds is 1. The van der Waals surface area contributed by atoms with Crippen LogP contribution in [0.15, 0.2) is 29.6 Å². The molecule has 1 aliphatic heterocycles. The number of fused-ring (bicyclic) bond motifs is 1. The zero-order valence-electron chi connectivity index (χ0n) is 10.2. The van der Waals surface area contributed by atoms with Crippen molar-refractivity contribution in [2.24, 2.45) is 0 Å². The van der Waals surface area contributed by atoms with Gasteiger partial charge in [0.1, 0.15) is 5.82 Å². The molecule has 2 N–H and O–H groups in total. The molecule has 2 aromatic rings. The van der Waals surface area contributed by atoms with Crippen molar-refractivity contribution in [1.82, 2.24) is 0 Å². The average molecular weight is 262 g/mol. The van der Waals surface area contributed by atoms with Crippen LogP contribution in [0.4, 0.5) is 15.8 Å². The van der Waals surface area contributed by atoms with Crippen LogP contribution >= 0.6 is 11.3 Å². The average Bonchev–Trinajstić information content (AvgIpc) is 2.82. The number of benzene rings is 1. The highest BCUT2D eigenvalue weighted by Crippen LogP contribution is 2.38. The van der Waals surface area contributed by atoms with E-state index in [9.17, 15) is 4.39 Å². The second-order valence-electron chi connectivity index (χ2n) is 4.62. The van der Waals surface area contributed by atoms with Gasteiger partial charge in [0.15, 0.2) is 0 Å².